The zero-order valence-electron chi connectivity index (χ0n) is 18.0. The standard InChI is InChI=1S/C25H25ClN2O4/c1-14-10-20-18(11-19(14)26)23(29)21-22(16-5-7-17(31-2)8-6-16)28(25(30)24(21)32-20)13-15-4-3-9-27-12-15/h3-9,12,14,18-20,22H,10-11,13H2,1-2H3. The van der Waals surface area contributed by atoms with E-state index in [1.54, 1.807) is 24.4 Å². The highest BCUT2D eigenvalue weighted by Crippen LogP contribution is 2.48. The van der Waals surface area contributed by atoms with Crippen molar-refractivity contribution in [2.45, 2.75) is 43.8 Å². The highest BCUT2D eigenvalue weighted by Gasteiger charge is 2.53. The zero-order chi connectivity index (χ0) is 22.4. The SMILES string of the molecule is COc1ccc(C2C3=C(OC4CC(C)C(Cl)CC4C3=O)C(=O)N2Cc2cccnc2)cc1. The van der Waals surface area contributed by atoms with Crippen molar-refractivity contribution >= 4 is 23.3 Å². The Morgan fingerprint density at radius 1 is 1.19 bits per heavy atom. The average Bonchev–Trinajstić information content (AvgIpc) is 3.08. The Bertz CT molecular complexity index is 1070. The fourth-order valence-electron chi connectivity index (χ4n) is 5.05. The van der Waals surface area contributed by atoms with Crippen molar-refractivity contribution in [3.05, 3.63) is 71.3 Å². The summed E-state index contributed by atoms with van der Waals surface area (Å²) in [5, 5.41) is -0.0750. The maximum Gasteiger partial charge on any atom is 0.290 e. The second kappa shape index (κ2) is 8.24. The molecule has 0 radical (unpaired) electrons. The predicted octanol–water partition coefficient (Wildman–Crippen LogP) is 4.05. The first kappa shape index (κ1) is 21.0. The van der Waals surface area contributed by atoms with Crippen LogP contribution in [0.1, 0.15) is 36.9 Å². The molecule has 2 aromatic rings. The molecule has 5 rings (SSSR count). The number of Topliss-reactive ketones (excluding diaryl/α,β-unsaturated/α-hetero) is 1. The molecule has 166 valence electrons. The first-order chi connectivity index (χ1) is 15.5. The zero-order valence-corrected chi connectivity index (χ0v) is 18.8. The van der Waals surface area contributed by atoms with Crippen LogP contribution in [0.4, 0.5) is 0 Å². The number of ether oxygens (including phenoxy) is 2. The molecule has 0 saturated heterocycles. The number of pyridine rings is 1. The minimum atomic E-state index is -0.523. The number of amides is 1. The summed E-state index contributed by atoms with van der Waals surface area (Å²) in [6.07, 6.45) is 4.36. The summed E-state index contributed by atoms with van der Waals surface area (Å²) in [6.45, 7) is 2.40. The van der Waals surface area contributed by atoms with E-state index in [4.69, 9.17) is 21.1 Å². The molecule has 2 aliphatic heterocycles. The van der Waals surface area contributed by atoms with Crippen molar-refractivity contribution in [1.29, 1.82) is 0 Å². The van der Waals surface area contributed by atoms with Crippen molar-refractivity contribution < 1.29 is 19.1 Å². The van der Waals surface area contributed by atoms with Gasteiger partial charge in [-0.1, -0.05) is 25.1 Å². The Kier molecular flexibility index (Phi) is 5.41. The average molecular weight is 453 g/mol. The van der Waals surface area contributed by atoms with Gasteiger partial charge in [0.05, 0.1) is 24.6 Å². The van der Waals surface area contributed by atoms with Crippen LogP contribution in [0.5, 0.6) is 5.75 Å². The third-order valence-electron chi connectivity index (χ3n) is 6.81. The van der Waals surface area contributed by atoms with Crippen LogP contribution in [0.25, 0.3) is 0 Å². The van der Waals surface area contributed by atoms with Gasteiger partial charge >= 0.3 is 0 Å². The number of benzene rings is 1. The summed E-state index contributed by atoms with van der Waals surface area (Å²) in [5.41, 5.74) is 2.18. The van der Waals surface area contributed by atoms with Crippen molar-refractivity contribution in [2.24, 2.45) is 11.8 Å². The Morgan fingerprint density at radius 3 is 2.66 bits per heavy atom. The normalized spacial score (nSPS) is 29.5. The van der Waals surface area contributed by atoms with Gasteiger partial charge in [-0.25, -0.2) is 0 Å². The number of hydrogen-bond donors (Lipinski definition) is 0. The quantitative estimate of drug-likeness (QED) is 0.654. The van der Waals surface area contributed by atoms with E-state index in [0.717, 1.165) is 11.1 Å². The van der Waals surface area contributed by atoms with Gasteiger partial charge in [0.2, 0.25) is 0 Å². The molecule has 3 heterocycles. The number of hydrogen-bond acceptors (Lipinski definition) is 5. The van der Waals surface area contributed by atoms with E-state index in [1.807, 2.05) is 36.4 Å². The van der Waals surface area contributed by atoms with Gasteiger partial charge in [0.25, 0.3) is 5.91 Å². The lowest BCUT2D eigenvalue weighted by Gasteiger charge is -2.40. The van der Waals surface area contributed by atoms with Crippen LogP contribution in [-0.4, -0.2) is 40.2 Å². The summed E-state index contributed by atoms with van der Waals surface area (Å²) < 4.78 is 11.5. The molecule has 7 heteroatoms. The van der Waals surface area contributed by atoms with E-state index < -0.39 is 6.04 Å². The van der Waals surface area contributed by atoms with Gasteiger partial charge in [-0.15, -0.1) is 11.6 Å². The molecule has 1 saturated carbocycles. The minimum absolute atomic E-state index is 0.0170. The molecule has 5 atom stereocenters. The maximum absolute atomic E-state index is 13.7. The molecule has 1 aliphatic carbocycles. The van der Waals surface area contributed by atoms with Gasteiger partial charge in [-0.05, 0) is 48.1 Å². The first-order valence-electron chi connectivity index (χ1n) is 10.9. The van der Waals surface area contributed by atoms with Crippen LogP contribution in [-0.2, 0) is 20.9 Å². The summed E-state index contributed by atoms with van der Waals surface area (Å²) >= 11 is 6.52. The van der Waals surface area contributed by atoms with Crippen LogP contribution in [0.15, 0.2) is 60.1 Å². The van der Waals surface area contributed by atoms with Gasteiger partial charge < -0.3 is 14.4 Å². The molecule has 1 amide bonds. The third-order valence-corrected chi connectivity index (χ3v) is 7.42. The lowest BCUT2D eigenvalue weighted by atomic mass is 9.74. The minimum Gasteiger partial charge on any atom is -0.497 e. The fourth-order valence-corrected chi connectivity index (χ4v) is 5.34. The van der Waals surface area contributed by atoms with Crippen LogP contribution in [0.2, 0.25) is 0 Å². The first-order valence-corrected chi connectivity index (χ1v) is 11.3. The summed E-state index contributed by atoms with van der Waals surface area (Å²) in [5.74, 6) is 0.547. The molecule has 32 heavy (non-hydrogen) atoms. The van der Waals surface area contributed by atoms with E-state index >= 15 is 0 Å². The van der Waals surface area contributed by atoms with Crippen LogP contribution >= 0.6 is 11.6 Å². The van der Waals surface area contributed by atoms with Crippen LogP contribution in [0, 0.1) is 11.8 Å². The number of aromatic nitrogens is 1. The van der Waals surface area contributed by atoms with E-state index in [2.05, 4.69) is 11.9 Å². The third kappa shape index (κ3) is 3.47. The molecule has 1 aromatic carbocycles. The van der Waals surface area contributed by atoms with E-state index in [9.17, 15) is 9.59 Å². The van der Waals surface area contributed by atoms with Crippen molar-refractivity contribution in [1.82, 2.24) is 9.88 Å². The van der Waals surface area contributed by atoms with Gasteiger partial charge in [0.1, 0.15) is 11.9 Å². The Hall–Kier alpha value is -2.86. The Labute approximate surface area is 192 Å². The lowest BCUT2D eigenvalue weighted by molar-refractivity contribution is -0.136. The van der Waals surface area contributed by atoms with Gasteiger partial charge in [0, 0.05) is 24.3 Å². The molecule has 1 aromatic heterocycles. The smallest absolute Gasteiger partial charge is 0.290 e. The number of carbonyl (C=O) groups excluding carboxylic acids is 2. The number of nitrogens with zero attached hydrogens (tertiary/aromatic N) is 2. The van der Waals surface area contributed by atoms with Crippen molar-refractivity contribution in [2.75, 3.05) is 7.11 Å². The number of fused-ring (bicyclic) bond motifs is 1. The largest absolute Gasteiger partial charge is 0.497 e. The fraction of sp³-hybridized carbons (Fsp3) is 0.400. The second-order valence-corrected chi connectivity index (χ2v) is 9.37. The number of carbonyl (C=O) groups is 2. The number of rotatable bonds is 4. The maximum atomic E-state index is 13.7. The van der Waals surface area contributed by atoms with Crippen molar-refractivity contribution in [3.8, 4) is 5.75 Å². The molecular formula is C25H25ClN2O4. The number of methoxy groups -OCH3 is 1. The second-order valence-electron chi connectivity index (χ2n) is 8.80. The van der Waals surface area contributed by atoms with E-state index in [0.29, 0.717) is 30.7 Å². The van der Waals surface area contributed by atoms with Gasteiger partial charge in [-0.3, -0.25) is 14.6 Å². The topological polar surface area (TPSA) is 68.7 Å². The molecule has 5 unspecified atom stereocenters. The monoisotopic (exact) mass is 452 g/mol. The molecular weight excluding hydrogens is 428 g/mol. The molecule has 3 aliphatic rings. The van der Waals surface area contributed by atoms with E-state index in [1.165, 1.54) is 0 Å². The molecule has 0 bridgehead atoms. The van der Waals surface area contributed by atoms with Crippen LogP contribution in [0.3, 0.4) is 0 Å². The van der Waals surface area contributed by atoms with E-state index in [-0.39, 0.29) is 40.8 Å². The van der Waals surface area contributed by atoms with Crippen molar-refractivity contribution in [3.63, 3.8) is 0 Å². The summed E-state index contributed by atoms with van der Waals surface area (Å²) in [6, 6.07) is 10.7. The number of alkyl halides is 1. The highest BCUT2D eigenvalue weighted by molar-refractivity contribution is 6.21. The summed E-state index contributed by atoms with van der Waals surface area (Å²) in [7, 11) is 1.61. The predicted molar refractivity (Wildman–Crippen MR) is 119 cm³/mol. The van der Waals surface area contributed by atoms with Gasteiger partial charge in [-0.2, -0.15) is 0 Å². The van der Waals surface area contributed by atoms with Gasteiger partial charge in [0.15, 0.2) is 11.5 Å². The Morgan fingerprint density at radius 2 is 1.97 bits per heavy atom. The number of halogens is 1. The highest BCUT2D eigenvalue weighted by atomic mass is 35.5. The molecule has 0 spiro atoms. The molecule has 1 fully saturated rings. The number of ketones is 1. The molecule has 0 N–H and O–H groups in total. The lowest BCUT2D eigenvalue weighted by Crippen LogP contribution is -2.44. The summed E-state index contributed by atoms with van der Waals surface area (Å²) in [4.78, 5) is 33.1. The van der Waals surface area contributed by atoms with Crippen LogP contribution < -0.4 is 4.74 Å². The molecule has 6 nitrogen and oxygen atoms in total. The Balaban J connectivity index is 1.57.